The zero-order chi connectivity index (χ0) is 20.6. The van der Waals surface area contributed by atoms with Crippen LogP contribution in [0.1, 0.15) is 20.7 Å². The highest BCUT2D eigenvalue weighted by molar-refractivity contribution is 6.12. The van der Waals surface area contributed by atoms with E-state index in [0.717, 1.165) is 0 Å². The minimum absolute atomic E-state index is 0.212. The lowest BCUT2D eigenvalue weighted by molar-refractivity contribution is -0.120. The Morgan fingerprint density at radius 1 is 0.931 bits per heavy atom. The van der Waals surface area contributed by atoms with Gasteiger partial charge in [0.05, 0.1) is 18.4 Å². The molecule has 0 fully saturated rings. The number of carbonyl (C=O) groups excluding carboxylic acids is 3. The van der Waals surface area contributed by atoms with Crippen LogP contribution < -0.4 is 20.1 Å². The number of hydrogen-bond acceptors (Lipinski definition) is 6. The summed E-state index contributed by atoms with van der Waals surface area (Å²) >= 11 is 0. The van der Waals surface area contributed by atoms with Gasteiger partial charge in [-0.1, -0.05) is 6.07 Å². The van der Waals surface area contributed by atoms with Gasteiger partial charge in [0.25, 0.3) is 18.3 Å². The highest BCUT2D eigenvalue weighted by atomic mass is 16.5. The number of carbonyl (C=O) groups is 3. The fourth-order valence-corrected chi connectivity index (χ4v) is 2.50. The maximum atomic E-state index is 12.7. The first-order valence-electron chi connectivity index (χ1n) is 8.53. The molecule has 1 heterocycles. The van der Waals surface area contributed by atoms with Gasteiger partial charge < -0.3 is 20.1 Å². The molecule has 0 bridgehead atoms. The molecule has 0 aliphatic heterocycles. The van der Waals surface area contributed by atoms with E-state index < -0.39 is 11.8 Å². The van der Waals surface area contributed by atoms with E-state index in [2.05, 4.69) is 15.6 Å². The number of methoxy groups -OCH3 is 1. The van der Waals surface area contributed by atoms with Crippen LogP contribution in [0, 0.1) is 0 Å². The summed E-state index contributed by atoms with van der Waals surface area (Å²) in [7, 11) is 1.48. The Hall–Kier alpha value is -4.20. The third-order valence-corrected chi connectivity index (χ3v) is 3.93. The summed E-state index contributed by atoms with van der Waals surface area (Å²) in [6, 6.07) is 15.9. The molecule has 0 saturated carbocycles. The van der Waals surface area contributed by atoms with Crippen molar-refractivity contribution in [2.24, 2.45) is 0 Å². The zero-order valence-electron chi connectivity index (χ0n) is 15.4. The Morgan fingerprint density at radius 3 is 2.34 bits per heavy atom. The fourth-order valence-electron chi connectivity index (χ4n) is 2.50. The predicted octanol–water partition coefficient (Wildman–Crippen LogP) is 3.13. The van der Waals surface area contributed by atoms with Gasteiger partial charge in [0.2, 0.25) is 0 Å². The van der Waals surface area contributed by atoms with Crippen LogP contribution in [0.4, 0.5) is 11.5 Å². The molecule has 2 N–H and O–H groups in total. The van der Waals surface area contributed by atoms with Crippen molar-refractivity contribution in [3.05, 3.63) is 78.0 Å². The molecule has 0 aliphatic carbocycles. The van der Waals surface area contributed by atoms with Crippen LogP contribution in [0.15, 0.2) is 66.9 Å². The molecule has 0 saturated heterocycles. The number of nitrogens with zero attached hydrogens (tertiary/aromatic N) is 1. The second-order valence-corrected chi connectivity index (χ2v) is 5.77. The molecule has 0 unspecified atom stereocenters. The van der Waals surface area contributed by atoms with Crippen molar-refractivity contribution >= 4 is 29.8 Å². The van der Waals surface area contributed by atoms with Gasteiger partial charge in [-0.15, -0.1) is 0 Å². The van der Waals surface area contributed by atoms with Crippen molar-refractivity contribution in [1.82, 2.24) is 4.98 Å². The zero-order valence-corrected chi connectivity index (χ0v) is 15.4. The van der Waals surface area contributed by atoms with Crippen LogP contribution in [0.25, 0.3) is 0 Å². The van der Waals surface area contributed by atoms with Crippen molar-refractivity contribution in [2.75, 3.05) is 17.7 Å². The van der Waals surface area contributed by atoms with Crippen LogP contribution in [-0.2, 0) is 4.79 Å². The molecule has 8 heteroatoms. The molecule has 29 heavy (non-hydrogen) atoms. The Morgan fingerprint density at radius 2 is 1.69 bits per heavy atom. The van der Waals surface area contributed by atoms with E-state index in [4.69, 9.17) is 9.47 Å². The molecule has 2 aromatic carbocycles. The third kappa shape index (κ3) is 4.95. The second-order valence-electron chi connectivity index (χ2n) is 5.77. The van der Waals surface area contributed by atoms with Gasteiger partial charge in [0, 0.05) is 11.8 Å². The predicted molar refractivity (Wildman–Crippen MR) is 106 cm³/mol. The largest absolute Gasteiger partial charge is 0.497 e. The molecular formula is C21H17N3O5. The normalized spacial score (nSPS) is 9.97. The molecule has 0 radical (unpaired) electrons. The van der Waals surface area contributed by atoms with E-state index in [1.54, 1.807) is 36.5 Å². The van der Waals surface area contributed by atoms with Crippen molar-refractivity contribution in [3.8, 4) is 11.5 Å². The smallest absolute Gasteiger partial charge is 0.298 e. The van der Waals surface area contributed by atoms with Gasteiger partial charge in [-0.05, 0) is 54.6 Å². The van der Waals surface area contributed by atoms with E-state index in [-0.39, 0.29) is 5.56 Å². The fraction of sp³-hybridized carbons (Fsp3) is 0.0476. The molecule has 2 amide bonds. The number of benzene rings is 2. The van der Waals surface area contributed by atoms with Gasteiger partial charge in [-0.3, -0.25) is 14.4 Å². The minimum Gasteiger partial charge on any atom is -0.497 e. The van der Waals surface area contributed by atoms with E-state index in [1.165, 1.54) is 37.4 Å². The van der Waals surface area contributed by atoms with E-state index >= 15 is 0 Å². The van der Waals surface area contributed by atoms with Crippen LogP contribution in [-0.4, -0.2) is 30.4 Å². The van der Waals surface area contributed by atoms with Gasteiger partial charge in [0.15, 0.2) is 0 Å². The average molecular weight is 391 g/mol. The van der Waals surface area contributed by atoms with Crippen molar-refractivity contribution < 1.29 is 23.9 Å². The summed E-state index contributed by atoms with van der Waals surface area (Å²) in [6.45, 7) is 0.304. The Balaban J connectivity index is 1.83. The molecule has 8 nitrogen and oxygen atoms in total. The van der Waals surface area contributed by atoms with Crippen LogP contribution in [0.5, 0.6) is 11.5 Å². The van der Waals surface area contributed by atoms with E-state index in [0.29, 0.717) is 35.0 Å². The van der Waals surface area contributed by atoms with E-state index in [1.807, 2.05) is 0 Å². The summed E-state index contributed by atoms with van der Waals surface area (Å²) < 4.78 is 9.89. The topological polar surface area (TPSA) is 107 Å². The lowest BCUT2D eigenvalue weighted by atomic mass is 10.1. The maximum absolute atomic E-state index is 12.7. The number of anilines is 2. The standard InChI is InChI=1S/C21H17N3O5/c1-28-16-9-10-18(17(12-16)21(27)24-19-4-2-3-11-22-19)23-20(26)14-5-7-15(8-6-14)29-13-25/h2-13H,1H3,(H,23,26)(H,22,24,27). The van der Waals surface area contributed by atoms with Crippen molar-refractivity contribution in [2.45, 2.75) is 0 Å². The number of hydrogen-bond donors (Lipinski definition) is 2. The van der Waals surface area contributed by atoms with Gasteiger partial charge >= 0.3 is 0 Å². The summed E-state index contributed by atoms with van der Waals surface area (Å²) in [5, 5.41) is 5.39. The number of pyridine rings is 1. The Bertz CT molecular complexity index is 1020. The van der Waals surface area contributed by atoms with Gasteiger partial charge in [0.1, 0.15) is 17.3 Å². The molecule has 0 spiro atoms. The minimum atomic E-state index is -0.451. The quantitative estimate of drug-likeness (QED) is 0.600. The lowest BCUT2D eigenvalue weighted by Gasteiger charge is -2.13. The number of amides is 2. The van der Waals surface area contributed by atoms with Crippen LogP contribution in [0.2, 0.25) is 0 Å². The lowest BCUT2D eigenvalue weighted by Crippen LogP contribution is -2.18. The SMILES string of the molecule is COc1ccc(NC(=O)c2ccc(OC=O)cc2)c(C(=O)Nc2ccccn2)c1. The summed E-state index contributed by atoms with van der Waals surface area (Å²) in [6.07, 6.45) is 1.56. The van der Waals surface area contributed by atoms with Crippen LogP contribution in [0.3, 0.4) is 0 Å². The van der Waals surface area contributed by atoms with E-state index in [9.17, 15) is 14.4 Å². The number of rotatable bonds is 7. The molecule has 3 aromatic rings. The maximum Gasteiger partial charge on any atom is 0.298 e. The molecule has 0 aliphatic rings. The Kier molecular flexibility index (Phi) is 6.16. The number of aromatic nitrogens is 1. The first-order chi connectivity index (χ1) is 14.1. The molecule has 3 rings (SSSR count). The average Bonchev–Trinajstić information content (AvgIpc) is 2.75. The molecule has 1 aromatic heterocycles. The molecule has 146 valence electrons. The molecule has 0 atom stereocenters. The number of ether oxygens (including phenoxy) is 2. The Labute approximate surface area is 166 Å². The first kappa shape index (κ1) is 19.6. The highest BCUT2D eigenvalue weighted by Crippen LogP contribution is 2.24. The van der Waals surface area contributed by atoms with Crippen LogP contribution >= 0.6 is 0 Å². The summed E-state index contributed by atoms with van der Waals surface area (Å²) in [5.41, 5.74) is 0.844. The third-order valence-electron chi connectivity index (χ3n) is 3.93. The first-order valence-corrected chi connectivity index (χ1v) is 8.53. The highest BCUT2D eigenvalue weighted by Gasteiger charge is 2.16. The molecular weight excluding hydrogens is 374 g/mol. The summed E-state index contributed by atoms with van der Waals surface area (Å²) in [5.74, 6) is 0.275. The second kappa shape index (κ2) is 9.14. The van der Waals surface area contributed by atoms with Crippen molar-refractivity contribution in [3.63, 3.8) is 0 Å². The van der Waals surface area contributed by atoms with Gasteiger partial charge in [-0.2, -0.15) is 0 Å². The number of nitrogens with one attached hydrogen (secondary N) is 2. The monoisotopic (exact) mass is 391 g/mol. The summed E-state index contributed by atoms with van der Waals surface area (Å²) in [4.78, 5) is 39.7. The van der Waals surface area contributed by atoms with Gasteiger partial charge in [-0.25, -0.2) is 4.98 Å². The van der Waals surface area contributed by atoms with Crippen molar-refractivity contribution in [1.29, 1.82) is 0 Å².